The number of hydrogen-bond donors (Lipinski definition) is 0. The lowest BCUT2D eigenvalue weighted by Gasteiger charge is -2.23. The molecule has 1 aromatic heterocycles. The summed E-state index contributed by atoms with van der Waals surface area (Å²) < 4.78 is 19.1. The summed E-state index contributed by atoms with van der Waals surface area (Å²) in [6.07, 6.45) is 3.34. The quantitative estimate of drug-likeness (QED) is 0.687. The molecular weight excluding hydrogens is 319 g/mol. The fourth-order valence-corrected chi connectivity index (χ4v) is 2.38. The average Bonchev–Trinajstić information content (AvgIpc) is 2.66. The van der Waals surface area contributed by atoms with Gasteiger partial charge in [0.1, 0.15) is 11.6 Å². The average molecular weight is 336 g/mol. The van der Waals surface area contributed by atoms with E-state index in [0.717, 1.165) is 5.56 Å². The monoisotopic (exact) mass is 336 g/mol. The number of para-hydroxylation sites is 1. The van der Waals surface area contributed by atoms with Gasteiger partial charge in [0.2, 0.25) is 0 Å². The molecule has 0 radical (unpaired) electrons. The summed E-state index contributed by atoms with van der Waals surface area (Å²) in [5.41, 5.74) is 1.32. The van der Waals surface area contributed by atoms with Crippen molar-refractivity contribution in [1.82, 2.24) is 4.98 Å². The molecule has 25 heavy (non-hydrogen) atoms. The maximum atomic E-state index is 13.6. The van der Waals surface area contributed by atoms with Crippen molar-refractivity contribution in [3.8, 4) is 5.75 Å². The van der Waals surface area contributed by atoms with Crippen LogP contribution < -0.4 is 9.64 Å². The van der Waals surface area contributed by atoms with Crippen LogP contribution in [0.4, 0.5) is 10.1 Å². The topological polar surface area (TPSA) is 42.4 Å². The van der Waals surface area contributed by atoms with E-state index in [1.807, 2.05) is 24.3 Å². The van der Waals surface area contributed by atoms with Gasteiger partial charge in [0.05, 0.1) is 6.54 Å². The van der Waals surface area contributed by atoms with E-state index >= 15 is 0 Å². The van der Waals surface area contributed by atoms with Crippen molar-refractivity contribution in [3.05, 3.63) is 90.5 Å². The molecule has 3 rings (SSSR count). The van der Waals surface area contributed by atoms with Crippen LogP contribution in [0.15, 0.2) is 79.1 Å². The number of benzene rings is 2. The molecule has 1 heterocycles. The Morgan fingerprint density at radius 3 is 2.60 bits per heavy atom. The molecule has 0 bridgehead atoms. The SMILES string of the molecule is O=C(COc1ccccc1)N(Cc1cccnc1)c1cccc(F)c1. The minimum Gasteiger partial charge on any atom is -0.484 e. The molecule has 0 unspecified atom stereocenters. The zero-order valence-electron chi connectivity index (χ0n) is 13.5. The van der Waals surface area contributed by atoms with E-state index in [2.05, 4.69) is 4.98 Å². The van der Waals surface area contributed by atoms with Crippen LogP contribution in [0.25, 0.3) is 0 Å². The molecule has 3 aromatic rings. The Morgan fingerprint density at radius 2 is 1.88 bits per heavy atom. The number of halogens is 1. The van der Waals surface area contributed by atoms with Gasteiger partial charge in [-0.25, -0.2) is 4.39 Å². The van der Waals surface area contributed by atoms with Crippen LogP contribution in [0.2, 0.25) is 0 Å². The number of ether oxygens (including phenoxy) is 1. The lowest BCUT2D eigenvalue weighted by molar-refractivity contribution is -0.120. The van der Waals surface area contributed by atoms with Gasteiger partial charge in [-0.15, -0.1) is 0 Å². The second-order valence-corrected chi connectivity index (χ2v) is 5.42. The molecule has 0 aliphatic rings. The summed E-state index contributed by atoms with van der Waals surface area (Å²) in [4.78, 5) is 18.2. The summed E-state index contributed by atoms with van der Waals surface area (Å²) in [5, 5.41) is 0. The number of carbonyl (C=O) groups is 1. The predicted molar refractivity (Wildman–Crippen MR) is 93.8 cm³/mol. The highest BCUT2D eigenvalue weighted by Crippen LogP contribution is 2.19. The molecule has 0 saturated carbocycles. The standard InChI is InChI=1S/C20H17FN2O2/c21-17-7-4-8-18(12-17)23(14-16-6-5-11-22-13-16)20(24)15-25-19-9-2-1-3-10-19/h1-13H,14-15H2. The van der Waals surface area contributed by atoms with Gasteiger partial charge in [-0.2, -0.15) is 0 Å². The van der Waals surface area contributed by atoms with E-state index in [9.17, 15) is 9.18 Å². The van der Waals surface area contributed by atoms with Crippen LogP contribution in [0.3, 0.4) is 0 Å². The minimum absolute atomic E-state index is 0.138. The van der Waals surface area contributed by atoms with Crippen LogP contribution in [-0.2, 0) is 11.3 Å². The molecular formula is C20H17FN2O2. The molecule has 126 valence electrons. The third-order valence-electron chi connectivity index (χ3n) is 3.59. The van der Waals surface area contributed by atoms with Crippen LogP contribution in [0.5, 0.6) is 5.75 Å². The third kappa shape index (κ3) is 4.64. The second kappa shape index (κ2) is 8.06. The van der Waals surface area contributed by atoms with Gasteiger partial charge in [0, 0.05) is 18.1 Å². The second-order valence-electron chi connectivity index (χ2n) is 5.42. The largest absolute Gasteiger partial charge is 0.484 e. The summed E-state index contributed by atoms with van der Waals surface area (Å²) >= 11 is 0. The van der Waals surface area contributed by atoms with Crippen molar-refractivity contribution in [2.75, 3.05) is 11.5 Å². The number of aromatic nitrogens is 1. The fourth-order valence-electron chi connectivity index (χ4n) is 2.38. The van der Waals surface area contributed by atoms with E-state index in [1.54, 1.807) is 42.7 Å². The van der Waals surface area contributed by atoms with Crippen LogP contribution in [-0.4, -0.2) is 17.5 Å². The Bertz CT molecular complexity index is 825. The lowest BCUT2D eigenvalue weighted by Crippen LogP contribution is -2.34. The van der Waals surface area contributed by atoms with Crippen LogP contribution in [0, 0.1) is 5.82 Å². The first-order chi connectivity index (χ1) is 12.2. The van der Waals surface area contributed by atoms with Crippen molar-refractivity contribution in [1.29, 1.82) is 0 Å². The fraction of sp³-hybridized carbons (Fsp3) is 0.100. The van der Waals surface area contributed by atoms with Gasteiger partial charge < -0.3 is 9.64 Å². The maximum absolute atomic E-state index is 13.6. The van der Waals surface area contributed by atoms with Gasteiger partial charge in [-0.3, -0.25) is 9.78 Å². The predicted octanol–water partition coefficient (Wildman–Crippen LogP) is 3.83. The van der Waals surface area contributed by atoms with Crippen molar-refractivity contribution in [2.45, 2.75) is 6.54 Å². The molecule has 0 aliphatic heterocycles. The molecule has 0 spiro atoms. The van der Waals surface area contributed by atoms with Gasteiger partial charge >= 0.3 is 0 Å². The van der Waals surface area contributed by atoms with Crippen molar-refractivity contribution in [2.24, 2.45) is 0 Å². The molecule has 4 nitrogen and oxygen atoms in total. The smallest absolute Gasteiger partial charge is 0.265 e. The molecule has 5 heteroatoms. The first-order valence-corrected chi connectivity index (χ1v) is 7.85. The minimum atomic E-state index is -0.398. The first-order valence-electron chi connectivity index (χ1n) is 7.85. The summed E-state index contributed by atoms with van der Waals surface area (Å²) in [6, 6.07) is 18.7. The molecule has 1 amide bonds. The third-order valence-corrected chi connectivity index (χ3v) is 3.59. The Labute approximate surface area is 145 Å². The highest BCUT2D eigenvalue weighted by atomic mass is 19.1. The summed E-state index contributed by atoms with van der Waals surface area (Å²) in [5.74, 6) is -0.0554. The molecule has 0 saturated heterocycles. The van der Waals surface area contributed by atoms with Crippen LogP contribution >= 0.6 is 0 Å². The Kier molecular flexibility index (Phi) is 5.36. The molecule has 0 fully saturated rings. The molecule has 0 N–H and O–H groups in total. The number of amides is 1. The van der Waals surface area contributed by atoms with Crippen molar-refractivity contribution >= 4 is 11.6 Å². The maximum Gasteiger partial charge on any atom is 0.265 e. The Morgan fingerprint density at radius 1 is 1.04 bits per heavy atom. The number of pyridine rings is 1. The molecule has 2 aromatic carbocycles. The summed E-state index contributed by atoms with van der Waals surface area (Å²) in [7, 11) is 0. The highest BCUT2D eigenvalue weighted by molar-refractivity contribution is 5.94. The van der Waals surface area contributed by atoms with Gasteiger partial charge in [0.25, 0.3) is 5.91 Å². The van der Waals surface area contributed by atoms with Gasteiger partial charge in [0.15, 0.2) is 6.61 Å². The number of hydrogen-bond acceptors (Lipinski definition) is 3. The summed E-state index contributed by atoms with van der Waals surface area (Å²) in [6.45, 7) is 0.148. The number of rotatable bonds is 6. The van der Waals surface area contributed by atoms with E-state index < -0.39 is 5.82 Å². The molecule has 0 aliphatic carbocycles. The zero-order valence-corrected chi connectivity index (χ0v) is 13.5. The number of anilines is 1. The van der Waals surface area contributed by atoms with E-state index in [4.69, 9.17) is 4.74 Å². The van der Waals surface area contributed by atoms with Gasteiger partial charge in [-0.05, 0) is 42.0 Å². The van der Waals surface area contributed by atoms with Crippen molar-refractivity contribution in [3.63, 3.8) is 0 Å². The number of carbonyl (C=O) groups excluding carboxylic acids is 1. The number of nitrogens with zero attached hydrogens (tertiary/aromatic N) is 2. The van der Waals surface area contributed by atoms with E-state index in [-0.39, 0.29) is 19.1 Å². The van der Waals surface area contributed by atoms with Gasteiger partial charge in [-0.1, -0.05) is 30.3 Å². The zero-order chi connectivity index (χ0) is 17.5. The highest BCUT2D eigenvalue weighted by Gasteiger charge is 2.17. The molecule has 0 atom stereocenters. The van der Waals surface area contributed by atoms with E-state index in [0.29, 0.717) is 11.4 Å². The lowest BCUT2D eigenvalue weighted by atomic mass is 10.2. The van der Waals surface area contributed by atoms with Crippen LogP contribution in [0.1, 0.15) is 5.56 Å². The normalized spacial score (nSPS) is 10.3. The van der Waals surface area contributed by atoms with E-state index in [1.165, 1.54) is 17.0 Å². The first kappa shape index (κ1) is 16.6. The van der Waals surface area contributed by atoms with Crippen molar-refractivity contribution < 1.29 is 13.9 Å². The Balaban J connectivity index is 1.78. The Hall–Kier alpha value is -3.21.